The van der Waals surface area contributed by atoms with Crippen LogP contribution in [0.4, 0.5) is 0 Å². The van der Waals surface area contributed by atoms with Crippen LogP contribution in [0.2, 0.25) is 0 Å². The minimum absolute atomic E-state index is 0.0357. The summed E-state index contributed by atoms with van der Waals surface area (Å²) >= 11 is 5.19. The molecule has 0 spiro atoms. The molecule has 0 radical (unpaired) electrons. The Morgan fingerprint density at radius 3 is 2.92 bits per heavy atom. The van der Waals surface area contributed by atoms with Crippen LogP contribution >= 0.6 is 12.2 Å². The van der Waals surface area contributed by atoms with E-state index in [0.29, 0.717) is 28.7 Å². The zero-order valence-electron chi connectivity index (χ0n) is 13.6. The summed E-state index contributed by atoms with van der Waals surface area (Å²) in [6, 6.07) is 4.40. The van der Waals surface area contributed by atoms with Crippen LogP contribution in [0.1, 0.15) is 25.5 Å². The highest BCUT2D eigenvalue weighted by atomic mass is 32.1. The van der Waals surface area contributed by atoms with Gasteiger partial charge in [0.2, 0.25) is 0 Å². The Morgan fingerprint density at radius 1 is 1.50 bits per heavy atom. The number of hydrogen-bond acceptors (Lipinski definition) is 5. The van der Waals surface area contributed by atoms with Crippen molar-refractivity contribution in [2.75, 3.05) is 13.2 Å². The van der Waals surface area contributed by atoms with Crippen LogP contribution in [0.5, 0.6) is 11.5 Å². The molecule has 0 fully saturated rings. The van der Waals surface area contributed by atoms with Crippen molar-refractivity contribution in [1.29, 1.82) is 0 Å². The van der Waals surface area contributed by atoms with Crippen molar-refractivity contribution >= 4 is 23.3 Å². The van der Waals surface area contributed by atoms with Gasteiger partial charge in [-0.3, -0.25) is 0 Å². The summed E-state index contributed by atoms with van der Waals surface area (Å²) < 4.78 is 10.6. The maximum atomic E-state index is 12.4. The predicted octanol–water partition coefficient (Wildman–Crippen LogP) is 2.31. The highest BCUT2D eigenvalue weighted by Gasteiger charge is 2.31. The smallest absolute Gasteiger partial charge is 0.338 e. The lowest BCUT2D eigenvalue weighted by Gasteiger charge is -2.30. The fourth-order valence-electron chi connectivity index (χ4n) is 2.41. The summed E-state index contributed by atoms with van der Waals surface area (Å²) in [5.41, 5.74) is 1.76. The van der Waals surface area contributed by atoms with Crippen molar-refractivity contribution in [3.8, 4) is 11.5 Å². The lowest BCUT2D eigenvalue weighted by atomic mass is 9.95. The molecular formula is C17H20N2O4S. The van der Waals surface area contributed by atoms with Gasteiger partial charge in [0.25, 0.3) is 0 Å². The number of aromatic hydroxyl groups is 1. The van der Waals surface area contributed by atoms with Gasteiger partial charge in [-0.25, -0.2) is 4.79 Å². The average molecular weight is 348 g/mol. The minimum atomic E-state index is -0.504. The van der Waals surface area contributed by atoms with Gasteiger partial charge in [0.1, 0.15) is 6.61 Å². The van der Waals surface area contributed by atoms with Gasteiger partial charge in [0, 0.05) is 5.70 Å². The predicted molar refractivity (Wildman–Crippen MR) is 94.7 cm³/mol. The normalized spacial score (nSPS) is 16.9. The van der Waals surface area contributed by atoms with Crippen LogP contribution < -0.4 is 15.4 Å². The van der Waals surface area contributed by atoms with E-state index in [1.165, 1.54) is 12.1 Å². The molecule has 1 aliphatic rings. The van der Waals surface area contributed by atoms with E-state index in [-0.39, 0.29) is 12.4 Å². The van der Waals surface area contributed by atoms with Gasteiger partial charge in [0.05, 0.1) is 18.2 Å². The van der Waals surface area contributed by atoms with Gasteiger partial charge in [-0.15, -0.1) is 0 Å². The van der Waals surface area contributed by atoms with Gasteiger partial charge in [0.15, 0.2) is 16.6 Å². The molecule has 1 atom stereocenters. The molecule has 0 saturated carbocycles. The van der Waals surface area contributed by atoms with Crippen molar-refractivity contribution in [1.82, 2.24) is 10.6 Å². The number of rotatable bonds is 6. The zero-order valence-corrected chi connectivity index (χ0v) is 14.4. The molecule has 1 aliphatic heterocycles. The van der Waals surface area contributed by atoms with Crippen molar-refractivity contribution < 1.29 is 19.4 Å². The van der Waals surface area contributed by atoms with E-state index in [1.807, 2.05) is 6.92 Å². The topological polar surface area (TPSA) is 79.8 Å². The molecule has 0 aromatic heterocycles. The summed E-state index contributed by atoms with van der Waals surface area (Å²) in [5, 5.41) is 16.3. The standard InChI is InChI=1S/C17H20N2O4S/c1-4-8-23-16(21)14-10(3)18-17(24)19-15(14)11-6-7-12(20)13(9-11)22-5-2/h4,6-7,9,15,20H,1,5,8H2,2-3H3,(H2,18,19,24). The number of phenols is 1. The first-order valence-corrected chi connectivity index (χ1v) is 7.90. The van der Waals surface area contributed by atoms with E-state index in [4.69, 9.17) is 21.7 Å². The Morgan fingerprint density at radius 2 is 2.25 bits per heavy atom. The summed E-state index contributed by atoms with van der Waals surface area (Å²) in [6.45, 7) is 7.65. The van der Waals surface area contributed by atoms with Crippen LogP contribution in [0.3, 0.4) is 0 Å². The number of phenolic OH excluding ortho intramolecular Hbond substituents is 1. The number of benzene rings is 1. The van der Waals surface area contributed by atoms with E-state index >= 15 is 0 Å². The van der Waals surface area contributed by atoms with Crippen molar-refractivity contribution in [3.05, 3.63) is 47.7 Å². The third-order valence-corrected chi connectivity index (χ3v) is 3.66. The number of nitrogens with one attached hydrogen (secondary N) is 2. The molecule has 0 amide bonds. The Kier molecular flexibility index (Phi) is 5.81. The number of ether oxygens (including phenoxy) is 2. The summed E-state index contributed by atoms with van der Waals surface area (Å²) in [6.07, 6.45) is 1.50. The largest absolute Gasteiger partial charge is 0.504 e. The van der Waals surface area contributed by atoms with Crippen LogP contribution in [0.25, 0.3) is 0 Å². The Balaban J connectivity index is 2.43. The quantitative estimate of drug-likeness (QED) is 0.413. The molecule has 6 nitrogen and oxygen atoms in total. The van der Waals surface area contributed by atoms with E-state index in [2.05, 4.69) is 17.2 Å². The molecule has 1 unspecified atom stereocenters. The lowest BCUT2D eigenvalue weighted by Crippen LogP contribution is -2.45. The van der Waals surface area contributed by atoms with E-state index in [1.54, 1.807) is 19.1 Å². The van der Waals surface area contributed by atoms with Gasteiger partial charge >= 0.3 is 5.97 Å². The Labute approximate surface area is 146 Å². The number of esters is 1. The van der Waals surface area contributed by atoms with Crippen molar-refractivity contribution in [2.24, 2.45) is 0 Å². The Bertz CT molecular complexity index is 700. The number of hydrogen-bond donors (Lipinski definition) is 3. The first-order valence-electron chi connectivity index (χ1n) is 7.50. The molecule has 128 valence electrons. The molecule has 24 heavy (non-hydrogen) atoms. The number of thiocarbonyl (C=S) groups is 1. The van der Waals surface area contributed by atoms with Gasteiger partial charge in [-0.2, -0.15) is 0 Å². The zero-order chi connectivity index (χ0) is 17.7. The first kappa shape index (κ1) is 17.8. The highest BCUT2D eigenvalue weighted by Crippen LogP contribution is 2.34. The number of allylic oxidation sites excluding steroid dienone is 1. The monoisotopic (exact) mass is 348 g/mol. The van der Waals surface area contributed by atoms with Crippen LogP contribution in [0, 0.1) is 0 Å². The molecular weight excluding hydrogens is 328 g/mol. The van der Waals surface area contributed by atoms with Crippen molar-refractivity contribution in [3.63, 3.8) is 0 Å². The third kappa shape index (κ3) is 3.86. The van der Waals surface area contributed by atoms with Crippen LogP contribution in [0.15, 0.2) is 42.1 Å². The van der Waals surface area contributed by atoms with Gasteiger partial charge in [-0.1, -0.05) is 18.7 Å². The second kappa shape index (κ2) is 7.83. The fourth-order valence-corrected chi connectivity index (χ4v) is 2.68. The molecule has 7 heteroatoms. The summed E-state index contributed by atoms with van der Waals surface area (Å²) in [5.74, 6) is -0.0859. The third-order valence-electron chi connectivity index (χ3n) is 3.44. The van der Waals surface area contributed by atoms with Gasteiger partial charge < -0.3 is 25.2 Å². The minimum Gasteiger partial charge on any atom is -0.504 e. The lowest BCUT2D eigenvalue weighted by molar-refractivity contribution is -0.138. The molecule has 0 saturated heterocycles. The SMILES string of the molecule is C=CCOC(=O)C1=C(C)NC(=S)NC1c1ccc(O)c(OCC)c1. The molecule has 0 aliphatic carbocycles. The maximum absolute atomic E-state index is 12.4. The molecule has 3 N–H and O–H groups in total. The summed E-state index contributed by atoms with van der Waals surface area (Å²) in [7, 11) is 0. The molecule has 1 aromatic rings. The van der Waals surface area contributed by atoms with E-state index in [0.717, 1.165) is 5.56 Å². The summed E-state index contributed by atoms with van der Waals surface area (Å²) in [4.78, 5) is 12.4. The van der Waals surface area contributed by atoms with Crippen LogP contribution in [-0.4, -0.2) is 29.4 Å². The number of carbonyl (C=O) groups is 1. The molecule has 2 rings (SSSR count). The van der Waals surface area contributed by atoms with Crippen LogP contribution in [-0.2, 0) is 9.53 Å². The number of carbonyl (C=O) groups excluding carboxylic acids is 1. The van der Waals surface area contributed by atoms with Crippen molar-refractivity contribution in [2.45, 2.75) is 19.9 Å². The second-order valence-electron chi connectivity index (χ2n) is 5.12. The van der Waals surface area contributed by atoms with E-state index < -0.39 is 12.0 Å². The van der Waals surface area contributed by atoms with E-state index in [9.17, 15) is 9.90 Å². The Hall–Kier alpha value is -2.54. The highest BCUT2D eigenvalue weighted by molar-refractivity contribution is 7.80. The maximum Gasteiger partial charge on any atom is 0.338 e. The second-order valence-corrected chi connectivity index (χ2v) is 5.53. The van der Waals surface area contributed by atoms with Gasteiger partial charge in [-0.05, 0) is 43.8 Å². The molecule has 0 bridgehead atoms. The first-order chi connectivity index (χ1) is 11.5. The molecule has 1 aromatic carbocycles. The fraction of sp³-hybridized carbons (Fsp3) is 0.294. The molecule has 1 heterocycles. The average Bonchev–Trinajstić information content (AvgIpc) is 2.54.